The Labute approximate surface area is 88.0 Å². The first-order chi connectivity index (χ1) is 7.27. The molecule has 0 saturated carbocycles. The van der Waals surface area contributed by atoms with Crippen LogP contribution in [-0.2, 0) is 6.54 Å². The Balaban J connectivity index is 2.33. The molecule has 3 nitrogen and oxygen atoms in total. The highest BCUT2D eigenvalue weighted by Crippen LogP contribution is 1.97. The van der Waals surface area contributed by atoms with E-state index >= 15 is 0 Å². The lowest BCUT2D eigenvalue weighted by Gasteiger charge is -2.05. The van der Waals surface area contributed by atoms with Crippen LogP contribution in [0.25, 0.3) is 0 Å². The lowest BCUT2D eigenvalue weighted by atomic mass is 10.3. The van der Waals surface area contributed by atoms with Crippen molar-refractivity contribution in [1.29, 1.82) is 0 Å². The highest BCUT2D eigenvalue weighted by molar-refractivity contribution is 5.10. The highest BCUT2D eigenvalue weighted by Gasteiger charge is 1.99. The summed E-state index contributed by atoms with van der Waals surface area (Å²) < 4.78 is 1.66. The number of aryl methyl sites for hydroxylation is 1. The predicted octanol–water partition coefficient (Wildman–Crippen LogP) is 1.60. The van der Waals surface area contributed by atoms with Gasteiger partial charge in [-0.3, -0.25) is 9.78 Å². The Morgan fingerprint density at radius 3 is 2.87 bits per heavy atom. The molecule has 0 saturated heterocycles. The van der Waals surface area contributed by atoms with Crippen LogP contribution in [0.4, 0.5) is 0 Å². The number of nitrogens with zero attached hydrogens (tertiary/aromatic N) is 2. The van der Waals surface area contributed by atoms with E-state index < -0.39 is 0 Å². The van der Waals surface area contributed by atoms with Gasteiger partial charge in [-0.1, -0.05) is 12.1 Å². The largest absolute Gasteiger partial charge is 0.309 e. The van der Waals surface area contributed by atoms with E-state index in [0.29, 0.717) is 6.54 Å². The van der Waals surface area contributed by atoms with E-state index in [9.17, 15) is 4.79 Å². The zero-order chi connectivity index (χ0) is 10.7. The third-order valence-corrected chi connectivity index (χ3v) is 2.27. The molecule has 2 aromatic rings. The smallest absolute Gasteiger partial charge is 0.253 e. The second-order valence-electron chi connectivity index (χ2n) is 3.45. The first-order valence-electron chi connectivity index (χ1n) is 4.83. The zero-order valence-corrected chi connectivity index (χ0v) is 8.55. The van der Waals surface area contributed by atoms with Gasteiger partial charge in [0, 0.05) is 18.0 Å². The molecule has 0 aromatic carbocycles. The van der Waals surface area contributed by atoms with Crippen molar-refractivity contribution in [3.05, 3.63) is 64.3 Å². The average molecular weight is 200 g/mol. The standard InChI is InChI=1S/C12H12N2O/c1-10-5-4-8-14(12(10)15)9-11-6-2-3-7-13-11/h2-8H,9H2,1H3. The van der Waals surface area contributed by atoms with Crippen LogP contribution in [0.15, 0.2) is 47.5 Å². The van der Waals surface area contributed by atoms with Crippen molar-refractivity contribution in [2.24, 2.45) is 0 Å². The summed E-state index contributed by atoms with van der Waals surface area (Å²) in [4.78, 5) is 15.9. The minimum Gasteiger partial charge on any atom is -0.309 e. The van der Waals surface area contributed by atoms with Gasteiger partial charge < -0.3 is 4.57 Å². The van der Waals surface area contributed by atoms with Crippen molar-refractivity contribution in [1.82, 2.24) is 9.55 Å². The first kappa shape index (κ1) is 9.65. The molecule has 0 aliphatic rings. The van der Waals surface area contributed by atoms with Crippen molar-refractivity contribution in [2.75, 3.05) is 0 Å². The van der Waals surface area contributed by atoms with Crippen LogP contribution in [0.3, 0.4) is 0 Å². The second-order valence-corrected chi connectivity index (χ2v) is 3.45. The summed E-state index contributed by atoms with van der Waals surface area (Å²) in [5.74, 6) is 0. The maximum Gasteiger partial charge on any atom is 0.253 e. The summed E-state index contributed by atoms with van der Waals surface area (Å²) in [5, 5.41) is 0. The van der Waals surface area contributed by atoms with Crippen molar-refractivity contribution in [3.8, 4) is 0 Å². The molecular weight excluding hydrogens is 188 g/mol. The van der Waals surface area contributed by atoms with Gasteiger partial charge in [-0.2, -0.15) is 0 Å². The molecule has 0 radical (unpaired) electrons. The van der Waals surface area contributed by atoms with Crippen LogP contribution in [-0.4, -0.2) is 9.55 Å². The normalized spacial score (nSPS) is 10.2. The van der Waals surface area contributed by atoms with Gasteiger partial charge in [0.25, 0.3) is 5.56 Å². The summed E-state index contributed by atoms with van der Waals surface area (Å²) in [6, 6.07) is 9.39. The molecule has 0 aliphatic carbocycles. The molecule has 2 rings (SSSR count). The molecule has 2 heterocycles. The van der Waals surface area contributed by atoms with Crippen LogP contribution in [0.5, 0.6) is 0 Å². The fraction of sp³-hybridized carbons (Fsp3) is 0.167. The molecule has 3 heteroatoms. The van der Waals surface area contributed by atoms with Crippen LogP contribution in [0.2, 0.25) is 0 Å². The predicted molar refractivity (Wildman–Crippen MR) is 58.8 cm³/mol. The van der Waals surface area contributed by atoms with E-state index in [4.69, 9.17) is 0 Å². The number of hydrogen-bond acceptors (Lipinski definition) is 2. The van der Waals surface area contributed by atoms with E-state index in [1.165, 1.54) is 0 Å². The maximum atomic E-state index is 11.7. The Kier molecular flexibility index (Phi) is 2.63. The average Bonchev–Trinajstić information content (AvgIpc) is 2.26. The monoisotopic (exact) mass is 200 g/mol. The van der Waals surface area contributed by atoms with Crippen LogP contribution in [0.1, 0.15) is 11.3 Å². The van der Waals surface area contributed by atoms with E-state index in [1.807, 2.05) is 37.3 Å². The van der Waals surface area contributed by atoms with Crippen molar-refractivity contribution >= 4 is 0 Å². The van der Waals surface area contributed by atoms with E-state index in [0.717, 1.165) is 11.3 Å². The number of pyridine rings is 2. The third-order valence-electron chi connectivity index (χ3n) is 2.27. The van der Waals surface area contributed by atoms with Crippen LogP contribution in [0, 0.1) is 6.92 Å². The van der Waals surface area contributed by atoms with Crippen LogP contribution < -0.4 is 5.56 Å². The topological polar surface area (TPSA) is 34.9 Å². The van der Waals surface area contributed by atoms with Gasteiger partial charge in [-0.25, -0.2) is 0 Å². The second kappa shape index (κ2) is 4.09. The number of aromatic nitrogens is 2. The summed E-state index contributed by atoms with van der Waals surface area (Å²) >= 11 is 0. The molecule has 0 aliphatic heterocycles. The number of hydrogen-bond donors (Lipinski definition) is 0. The summed E-state index contributed by atoms with van der Waals surface area (Å²) in [6.45, 7) is 2.35. The molecule has 0 unspecified atom stereocenters. The van der Waals surface area contributed by atoms with Gasteiger partial charge in [0.1, 0.15) is 0 Å². The molecule has 0 bridgehead atoms. The molecule has 0 atom stereocenters. The molecule has 0 N–H and O–H groups in total. The Morgan fingerprint density at radius 2 is 2.13 bits per heavy atom. The Morgan fingerprint density at radius 1 is 1.27 bits per heavy atom. The molecule has 2 aromatic heterocycles. The number of rotatable bonds is 2. The molecule has 0 fully saturated rings. The van der Waals surface area contributed by atoms with Gasteiger partial charge >= 0.3 is 0 Å². The molecule has 0 spiro atoms. The minimum atomic E-state index is 0.0446. The highest BCUT2D eigenvalue weighted by atomic mass is 16.1. The fourth-order valence-electron chi connectivity index (χ4n) is 1.45. The SMILES string of the molecule is Cc1cccn(Cc2ccccn2)c1=O. The van der Waals surface area contributed by atoms with Gasteiger partial charge in [0.2, 0.25) is 0 Å². The molecular formula is C12H12N2O. The quantitative estimate of drug-likeness (QED) is 0.738. The van der Waals surface area contributed by atoms with Gasteiger partial charge in [-0.05, 0) is 25.1 Å². The fourth-order valence-corrected chi connectivity index (χ4v) is 1.45. The summed E-state index contributed by atoms with van der Waals surface area (Å²) in [7, 11) is 0. The zero-order valence-electron chi connectivity index (χ0n) is 8.55. The maximum absolute atomic E-state index is 11.7. The molecule has 76 valence electrons. The molecule has 15 heavy (non-hydrogen) atoms. The van der Waals surface area contributed by atoms with Crippen molar-refractivity contribution < 1.29 is 0 Å². The lowest BCUT2D eigenvalue weighted by Crippen LogP contribution is -2.21. The van der Waals surface area contributed by atoms with Gasteiger partial charge in [-0.15, -0.1) is 0 Å². The van der Waals surface area contributed by atoms with E-state index in [1.54, 1.807) is 17.0 Å². The minimum absolute atomic E-state index is 0.0446. The van der Waals surface area contributed by atoms with Crippen molar-refractivity contribution in [2.45, 2.75) is 13.5 Å². The Bertz CT molecular complexity index is 503. The molecule has 0 amide bonds. The third kappa shape index (κ3) is 2.13. The van der Waals surface area contributed by atoms with Gasteiger partial charge in [0.05, 0.1) is 12.2 Å². The van der Waals surface area contributed by atoms with Gasteiger partial charge in [0.15, 0.2) is 0 Å². The van der Waals surface area contributed by atoms with Crippen molar-refractivity contribution in [3.63, 3.8) is 0 Å². The summed E-state index contributed by atoms with van der Waals surface area (Å²) in [5.41, 5.74) is 1.70. The summed E-state index contributed by atoms with van der Waals surface area (Å²) in [6.07, 6.45) is 3.51. The Hall–Kier alpha value is -1.90. The van der Waals surface area contributed by atoms with E-state index in [-0.39, 0.29) is 5.56 Å². The first-order valence-corrected chi connectivity index (χ1v) is 4.83. The van der Waals surface area contributed by atoms with Crippen LogP contribution >= 0.6 is 0 Å². The lowest BCUT2D eigenvalue weighted by molar-refractivity contribution is 0.733. The van der Waals surface area contributed by atoms with E-state index in [2.05, 4.69) is 4.98 Å².